The van der Waals surface area contributed by atoms with Crippen LogP contribution in [-0.2, 0) is 6.18 Å². The SMILES string of the molecule is O=C(c1ccno1)N1CCC(Oc2cc(C(F)(F)F)ccn2)C1. The van der Waals surface area contributed by atoms with Crippen LogP contribution in [0.25, 0.3) is 0 Å². The summed E-state index contributed by atoms with van der Waals surface area (Å²) in [6.45, 7) is 0.667. The smallest absolute Gasteiger partial charge is 0.416 e. The zero-order valence-electron chi connectivity index (χ0n) is 11.8. The number of nitrogens with zero attached hydrogens (tertiary/aromatic N) is 3. The minimum absolute atomic E-state index is 0.112. The molecule has 122 valence electrons. The van der Waals surface area contributed by atoms with Gasteiger partial charge in [-0.15, -0.1) is 0 Å². The number of hydrogen-bond donors (Lipinski definition) is 0. The number of hydrogen-bond acceptors (Lipinski definition) is 5. The summed E-state index contributed by atoms with van der Waals surface area (Å²) in [5.41, 5.74) is -0.824. The molecule has 1 amide bonds. The lowest BCUT2D eigenvalue weighted by atomic mass is 10.2. The molecule has 1 aliphatic heterocycles. The van der Waals surface area contributed by atoms with Crippen LogP contribution in [0.15, 0.2) is 35.1 Å². The molecule has 1 fully saturated rings. The minimum atomic E-state index is -4.45. The van der Waals surface area contributed by atoms with E-state index in [1.165, 1.54) is 17.2 Å². The van der Waals surface area contributed by atoms with Gasteiger partial charge in [-0.25, -0.2) is 4.98 Å². The summed E-state index contributed by atoms with van der Waals surface area (Å²) in [4.78, 5) is 17.3. The Hall–Kier alpha value is -2.58. The fraction of sp³-hybridized carbons (Fsp3) is 0.357. The molecule has 0 aromatic carbocycles. The van der Waals surface area contributed by atoms with Crippen molar-refractivity contribution in [1.29, 1.82) is 0 Å². The Balaban J connectivity index is 1.63. The van der Waals surface area contributed by atoms with Gasteiger partial charge in [-0.1, -0.05) is 5.16 Å². The Morgan fingerprint density at radius 1 is 1.35 bits per heavy atom. The van der Waals surface area contributed by atoms with E-state index in [-0.39, 0.29) is 24.1 Å². The van der Waals surface area contributed by atoms with Crippen molar-refractivity contribution in [1.82, 2.24) is 15.0 Å². The van der Waals surface area contributed by atoms with Crippen LogP contribution in [-0.4, -0.2) is 40.1 Å². The quantitative estimate of drug-likeness (QED) is 0.866. The van der Waals surface area contributed by atoms with E-state index in [9.17, 15) is 18.0 Å². The van der Waals surface area contributed by atoms with E-state index < -0.39 is 17.8 Å². The topological polar surface area (TPSA) is 68.5 Å². The summed E-state index contributed by atoms with van der Waals surface area (Å²) in [6.07, 6.45) is -1.96. The summed E-state index contributed by atoms with van der Waals surface area (Å²) in [5, 5.41) is 3.46. The van der Waals surface area contributed by atoms with Crippen molar-refractivity contribution in [2.75, 3.05) is 13.1 Å². The van der Waals surface area contributed by atoms with Gasteiger partial charge in [-0.2, -0.15) is 13.2 Å². The molecule has 6 nitrogen and oxygen atoms in total. The molecule has 9 heteroatoms. The van der Waals surface area contributed by atoms with Crippen LogP contribution in [0, 0.1) is 0 Å². The van der Waals surface area contributed by atoms with Crippen LogP contribution >= 0.6 is 0 Å². The monoisotopic (exact) mass is 327 g/mol. The Kier molecular flexibility index (Phi) is 3.93. The molecule has 0 N–H and O–H groups in total. The summed E-state index contributed by atoms with van der Waals surface area (Å²) >= 11 is 0. The third-order valence-electron chi connectivity index (χ3n) is 3.43. The Labute approximate surface area is 128 Å². The molecule has 1 saturated heterocycles. The summed E-state index contributed by atoms with van der Waals surface area (Å²) in [6, 6.07) is 3.17. The van der Waals surface area contributed by atoms with Crippen molar-refractivity contribution in [2.24, 2.45) is 0 Å². The van der Waals surface area contributed by atoms with Crippen LogP contribution in [0.1, 0.15) is 22.5 Å². The maximum absolute atomic E-state index is 12.7. The third-order valence-corrected chi connectivity index (χ3v) is 3.43. The first-order valence-corrected chi connectivity index (χ1v) is 6.83. The molecule has 0 radical (unpaired) electrons. The maximum atomic E-state index is 12.7. The highest BCUT2D eigenvalue weighted by molar-refractivity contribution is 5.91. The molecule has 1 unspecified atom stereocenters. The number of likely N-dealkylation sites (tertiary alicyclic amines) is 1. The number of rotatable bonds is 3. The molecule has 23 heavy (non-hydrogen) atoms. The van der Waals surface area contributed by atoms with Crippen LogP contribution in [0.4, 0.5) is 13.2 Å². The van der Waals surface area contributed by atoms with Crippen molar-refractivity contribution in [3.05, 3.63) is 41.9 Å². The Morgan fingerprint density at radius 2 is 2.17 bits per heavy atom. The van der Waals surface area contributed by atoms with Gasteiger partial charge >= 0.3 is 6.18 Å². The zero-order valence-corrected chi connectivity index (χ0v) is 11.8. The van der Waals surface area contributed by atoms with E-state index in [0.717, 1.165) is 18.3 Å². The highest BCUT2D eigenvalue weighted by Gasteiger charge is 2.33. The van der Waals surface area contributed by atoms with Crippen LogP contribution in [0.3, 0.4) is 0 Å². The van der Waals surface area contributed by atoms with Gasteiger partial charge in [0, 0.05) is 31.3 Å². The van der Waals surface area contributed by atoms with Gasteiger partial charge in [0.25, 0.3) is 5.91 Å². The van der Waals surface area contributed by atoms with Crippen molar-refractivity contribution in [2.45, 2.75) is 18.7 Å². The van der Waals surface area contributed by atoms with Gasteiger partial charge in [0.05, 0.1) is 18.3 Å². The van der Waals surface area contributed by atoms with Gasteiger partial charge in [-0.05, 0) is 6.07 Å². The number of halogens is 3. The number of pyridine rings is 1. The number of carbonyl (C=O) groups excluding carboxylic acids is 1. The number of alkyl halides is 3. The van der Waals surface area contributed by atoms with Crippen molar-refractivity contribution in [3.63, 3.8) is 0 Å². The van der Waals surface area contributed by atoms with Crippen LogP contribution in [0.2, 0.25) is 0 Å². The van der Waals surface area contributed by atoms with Gasteiger partial charge in [-0.3, -0.25) is 4.79 Å². The third kappa shape index (κ3) is 3.43. The van der Waals surface area contributed by atoms with Gasteiger partial charge < -0.3 is 14.2 Å². The number of amides is 1. The summed E-state index contributed by atoms with van der Waals surface area (Å²) < 4.78 is 48.2. The normalized spacial score (nSPS) is 18.2. The fourth-order valence-electron chi connectivity index (χ4n) is 2.31. The van der Waals surface area contributed by atoms with E-state index in [1.807, 2.05) is 0 Å². The average molecular weight is 327 g/mol. The largest absolute Gasteiger partial charge is 0.472 e. The molecule has 0 aliphatic carbocycles. The van der Waals surface area contributed by atoms with Crippen molar-refractivity contribution < 1.29 is 27.2 Å². The first kappa shape index (κ1) is 15.3. The predicted octanol–water partition coefficient (Wildman–Crippen LogP) is 2.38. The first-order chi connectivity index (χ1) is 10.9. The lowest BCUT2D eigenvalue weighted by Crippen LogP contribution is -2.30. The Morgan fingerprint density at radius 3 is 2.87 bits per heavy atom. The standard InChI is InChI=1S/C14H12F3N3O3/c15-14(16,17)9-1-4-18-12(7-9)22-10-3-6-20(8-10)13(21)11-2-5-19-23-11/h1-2,4-5,7,10H,3,6,8H2. The van der Waals surface area contributed by atoms with Gasteiger partial charge in [0.1, 0.15) is 6.10 Å². The lowest BCUT2D eigenvalue weighted by Gasteiger charge is -2.16. The van der Waals surface area contributed by atoms with Crippen molar-refractivity contribution in [3.8, 4) is 5.88 Å². The van der Waals surface area contributed by atoms with E-state index in [2.05, 4.69) is 10.1 Å². The molecule has 1 aliphatic rings. The number of carbonyl (C=O) groups is 1. The van der Waals surface area contributed by atoms with E-state index in [0.29, 0.717) is 13.0 Å². The molecule has 3 rings (SSSR count). The molecule has 2 aromatic rings. The van der Waals surface area contributed by atoms with E-state index >= 15 is 0 Å². The molecule has 2 aromatic heterocycles. The molecule has 0 saturated carbocycles. The fourth-order valence-corrected chi connectivity index (χ4v) is 2.31. The van der Waals surface area contributed by atoms with E-state index in [1.54, 1.807) is 0 Å². The number of aromatic nitrogens is 2. The molecule has 0 bridgehead atoms. The van der Waals surface area contributed by atoms with E-state index in [4.69, 9.17) is 9.26 Å². The highest BCUT2D eigenvalue weighted by atomic mass is 19.4. The predicted molar refractivity (Wildman–Crippen MR) is 70.7 cm³/mol. The second-order valence-corrected chi connectivity index (χ2v) is 5.04. The average Bonchev–Trinajstić information content (AvgIpc) is 3.17. The molecule has 3 heterocycles. The lowest BCUT2D eigenvalue weighted by molar-refractivity contribution is -0.137. The van der Waals surface area contributed by atoms with Crippen molar-refractivity contribution >= 4 is 5.91 Å². The minimum Gasteiger partial charge on any atom is -0.472 e. The molecular formula is C14H12F3N3O3. The second-order valence-electron chi connectivity index (χ2n) is 5.04. The van der Waals surface area contributed by atoms with Crippen LogP contribution < -0.4 is 4.74 Å². The maximum Gasteiger partial charge on any atom is 0.416 e. The first-order valence-electron chi connectivity index (χ1n) is 6.83. The second kappa shape index (κ2) is 5.90. The molecule has 1 atom stereocenters. The number of ether oxygens (including phenoxy) is 1. The molecule has 0 spiro atoms. The highest BCUT2D eigenvalue weighted by Crippen LogP contribution is 2.31. The zero-order chi connectivity index (χ0) is 16.4. The van der Waals surface area contributed by atoms with Gasteiger partial charge in [0.2, 0.25) is 11.6 Å². The van der Waals surface area contributed by atoms with Gasteiger partial charge in [0.15, 0.2) is 0 Å². The van der Waals surface area contributed by atoms with Crippen LogP contribution in [0.5, 0.6) is 5.88 Å². The summed E-state index contributed by atoms with van der Waals surface area (Å²) in [5.74, 6) is -0.327. The Bertz CT molecular complexity index is 688. The molecular weight excluding hydrogens is 315 g/mol. The summed E-state index contributed by atoms with van der Waals surface area (Å²) in [7, 11) is 0.